The fraction of sp³-hybridized carbons (Fsp3) is 0.235. The molecule has 0 atom stereocenters. The van der Waals surface area contributed by atoms with Crippen LogP contribution < -0.4 is 5.32 Å². The predicted octanol–water partition coefficient (Wildman–Crippen LogP) is 4.01. The largest absolute Gasteiger partial charge is 0.455 e. The number of alkyl halides is 5. The van der Waals surface area contributed by atoms with Gasteiger partial charge in [-0.15, -0.1) is 0 Å². The Morgan fingerprint density at radius 1 is 1.04 bits per heavy atom. The maximum atomic E-state index is 13.3. The molecule has 146 valence electrons. The van der Waals surface area contributed by atoms with Gasteiger partial charge in [-0.3, -0.25) is 4.68 Å². The summed E-state index contributed by atoms with van der Waals surface area (Å²) in [5, 5.41) is 12.3. The minimum Gasteiger partial charge on any atom is -0.388 e. The molecule has 0 aliphatic heterocycles. The zero-order valence-electron chi connectivity index (χ0n) is 14.4. The molecule has 28 heavy (non-hydrogen) atoms. The lowest BCUT2D eigenvalue weighted by Gasteiger charge is -2.19. The molecule has 3 aromatic heterocycles. The van der Waals surface area contributed by atoms with E-state index in [0.717, 1.165) is 11.1 Å². The first-order valence-corrected chi connectivity index (χ1v) is 8.12. The standard InChI is InChI=1S/C17H13F5N6/c1-23-12-3-2-10-8-27(26-13(10)5-12)15-4-11-6-25-28(14(11)7-24-15)9-16(18,19)17(20,21)22/h2-8,23H,9H2,1H3. The van der Waals surface area contributed by atoms with Gasteiger partial charge in [0.25, 0.3) is 0 Å². The zero-order chi connectivity index (χ0) is 20.1. The van der Waals surface area contributed by atoms with Crippen LogP contribution in [0.1, 0.15) is 0 Å². The molecule has 0 saturated carbocycles. The molecule has 0 amide bonds. The molecule has 0 bridgehead atoms. The highest BCUT2D eigenvalue weighted by atomic mass is 19.4. The molecule has 11 heteroatoms. The molecule has 1 aromatic carbocycles. The van der Waals surface area contributed by atoms with Crippen molar-refractivity contribution < 1.29 is 22.0 Å². The lowest BCUT2D eigenvalue weighted by atomic mass is 10.2. The Bertz CT molecular complexity index is 1160. The van der Waals surface area contributed by atoms with E-state index >= 15 is 0 Å². The highest BCUT2D eigenvalue weighted by Crippen LogP contribution is 2.37. The highest BCUT2D eigenvalue weighted by molar-refractivity contribution is 5.83. The van der Waals surface area contributed by atoms with Crippen LogP contribution in [-0.2, 0) is 6.54 Å². The molecule has 0 fully saturated rings. The van der Waals surface area contributed by atoms with Gasteiger partial charge in [-0.2, -0.15) is 32.1 Å². The van der Waals surface area contributed by atoms with Crippen molar-refractivity contribution in [2.45, 2.75) is 18.6 Å². The van der Waals surface area contributed by atoms with Crippen LogP contribution in [0.3, 0.4) is 0 Å². The number of nitrogens with one attached hydrogen (secondary N) is 1. The summed E-state index contributed by atoms with van der Waals surface area (Å²) in [6, 6.07) is 7.13. The first-order chi connectivity index (χ1) is 13.2. The van der Waals surface area contributed by atoms with Crippen molar-refractivity contribution in [1.29, 1.82) is 0 Å². The molecular weight excluding hydrogens is 383 g/mol. The molecule has 0 unspecified atom stereocenters. The summed E-state index contributed by atoms with van der Waals surface area (Å²) in [6.45, 7) is -1.61. The number of aromatic nitrogens is 5. The van der Waals surface area contributed by atoms with Crippen LogP contribution in [0.2, 0.25) is 0 Å². The SMILES string of the molecule is CNc1ccc2cn(-c3cc4cnn(CC(F)(F)C(F)(F)F)c4cn3)nc2c1. The zero-order valence-corrected chi connectivity index (χ0v) is 14.4. The van der Waals surface area contributed by atoms with E-state index in [1.54, 1.807) is 13.2 Å². The second-order valence-corrected chi connectivity index (χ2v) is 6.20. The topological polar surface area (TPSA) is 60.6 Å². The normalized spacial score (nSPS) is 12.8. The van der Waals surface area contributed by atoms with Crippen molar-refractivity contribution in [3.8, 4) is 5.82 Å². The second-order valence-electron chi connectivity index (χ2n) is 6.20. The molecule has 0 spiro atoms. The maximum Gasteiger partial charge on any atom is 0.455 e. The van der Waals surface area contributed by atoms with Crippen molar-refractivity contribution in [1.82, 2.24) is 24.5 Å². The van der Waals surface area contributed by atoms with Crippen LogP contribution in [0, 0.1) is 0 Å². The van der Waals surface area contributed by atoms with E-state index in [-0.39, 0.29) is 5.52 Å². The van der Waals surface area contributed by atoms with Gasteiger partial charge in [0.05, 0.1) is 23.4 Å². The average Bonchev–Trinajstić information content (AvgIpc) is 3.23. The number of halogens is 5. The lowest BCUT2D eigenvalue weighted by molar-refractivity contribution is -0.287. The fourth-order valence-electron chi connectivity index (χ4n) is 2.78. The van der Waals surface area contributed by atoms with Crippen molar-refractivity contribution in [2.24, 2.45) is 0 Å². The molecule has 0 aliphatic carbocycles. The average molecular weight is 396 g/mol. The highest BCUT2D eigenvalue weighted by Gasteiger charge is 2.57. The van der Waals surface area contributed by atoms with E-state index in [9.17, 15) is 22.0 Å². The lowest BCUT2D eigenvalue weighted by Crippen LogP contribution is -2.40. The predicted molar refractivity (Wildman–Crippen MR) is 92.7 cm³/mol. The van der Waals surface area contributed by atoms with Crippen LogP contribution in [0.4, 0.5) is 27.6 Å². The molecule has 6 nitrogen and oxygen atoms in total. The van der Waals surface area contributed by atoms with Gasteiger partial charge in [0.1, 0.15) is 6.54 Å². The summed E-state index contributed by atoms with van der Waals surface area (Å²) >= 11 is 0. The van der Waals surface area contributed by atoms with Crippen molar-refractivity contribution >= 4 is 27.5 Å². The molecule has 0 saturated heterocycles. The van der Waals surface area contributed by atoms with Crippen LogP contribution in [0.5, 0.6) is 0 Å². The van der Waals surface area contributed by atoms with Crippen LogP contribution in [0.15, 0.2) is 42.9 Å². The number of pyridine rings is 1. The minimum atomic E-state index is -5.65. The minimum absolute atomic E-state index is 0.0712. The summed E-state index contributed by atoms with van der Waals surface area (Å²) in [7, 11) is 1.79. The Labute approximate surface area is 154 Å². The first kappa shape index (κ1) is 18.1. The summed E-state index contributed by atoms with van der Waals surface area (Å²) in [6.07, 6.45) is -1.49. The van der Waals surface area contributed by atoms with Crippen molar-refractivity contribution in [3.63, 3.8) is 0 Å². The molecule has 0 radical (unpaired) electrons. The Morgan fingerprint density at radius 3 is 2.54 bits per heavy atom. The van der Waals surface area contributed by atoms with E-state index in [2.05, 4.69) is 20.5 Å². The molecule has 0 aliphatic rings. The van der Waals surface area contributed by atoms with Gasteiger partial charge in [-0.1, -0.05) is 0 Å². The van der Waals surface area contributed by atoms with Crippen LogP contribution >= 0.6 is 0 Å². The summed E-state index contributed by atoms with van der Waals surface area (Å²) in [5.41, 5.74) is 1.67. The molecular formula is C17H13F5N6. The van der Waals surface area contributed by atoms with Gasteiger partial charge >= 0.3 is 12.1 Å². The van der Waals surface area contributed by atoms with Gasteiger partial charge in [-0.05, 0) is 24.3 Å². The van der Waals surface area contributed by atoms with E-state index in [0.29, 0.717) is 21.4 Å². The summed E-state index contributed by atoms with van der Waals surface area (Å²) in [5.74, 6) is -4.51. The van der Waals surface area contributed by atoms with Gasteiger partial charge in [0, 0.05) is 29.7 Å². The first-order valence-electron chi connectivity index (χ1n) is 8.12. The molecule has 1 N–H and O–H groups in total. The second kappa shape index (κ2) is 6.14. The quantitative estimate of drug-likeness (QED) is 0.530. The third kappa shape index (κ3) is 3.02. The maximum absolute atomic E-state index is 13.3. The number of rotatable bonds is 4. The number of nitrogens with zero attached hydrogens (tertiary/aromatic N) is 5. The van der Waals surface area contributed by atoms with Crippen LogP contribution in [0.25, 0.3) is 27.6 Å². The number of hydrogen-bond donors (Lipinski definition) is 1. The number of hydrogen-bond acceptors (Lipinski definition) is 4. The van der Waals surface area contributed by atoms with Gasteiger partial charge in [0.2, 0.25) is 0 Å². The van der Waals surface area contributed by atoms with E-state index < -0.39 is 18.6 Å². The molecule has 4 aromatic rings. The van der Waals surface area contributed by atoms with Gasteiger partial charge < -0.3 is 5.32 Å². The Hall–Kier alpha value is -3.24. The van der Waals surface area contributed by atoms with E-state index in [1.807, 2.05) is 18.2 Å². The third-order valence-corrected chi connectivity index (χ3v) is 4.31. The Balaban J connectivity index is 1.70. The summed E-state index contributed by atoms with van der Waals surface area (Å²) < 4.78 is 66.1. The number of fused-ring (bicyclic) bond motifs is 2. The Morgan fingerprint density at radius 2 is 1.82 bits per heavy atom. The summed E-state index contributed by atoms with van der Waals surface area (Å²) in [4.78, 5) is 4.14. The van der Waals surface area contributed by atoms with E-state index in [1.165, 1.54) is 23.1 Å². The van der Waals surface area contributed by atoms with Crippen molar-refractivity contribution in [2.75, 3.05) is 12.4 Å². The molecule has 3 heterocycles. The number of benzene rings is 1. The van der Waals surface area contributed by atoms with Crippen molar-refractivity contribution in [3.05, 3.63) is 42.9 Å². The van der Waals surface area contributed by atoms with Gasteiger partial charge in [0.15, 0.2) is 5.82 Å². The Kier molecular flexibility index (Phi) is 3.98. The third-order valence-electron chi connectivity index (χ3n) is 4.31. The number of anilines is 1. The fourth-order valence-corrected chi connectivity index (χ4v) is 2.78. The van der Waals surface area contributed by atoms with E-state index in [4.69, 9.17) is 0 Å². The molecule has 4 rings (SSSR count). The smallest absolute Gasteiger partial charge is 0.388 e. The monoisotopic (exact) mass is 396 g/mol. The van der Waals surface area contributed by atoms with Crippen LogP contribution in [-0.4, -0.2) is 43.7 Å². The van der Waals surface area contributed by atoms with Gasteiger partial charge in [-0.25, -0.2) is 9.67 Å².